The number of carbonyl (C=O) groups is 1. The first-order valence-electron chi connectivity index (χ1n) is 8.27. The quantitative estimate of drug-likeness (QED) is 0.608. The van der Waals surface area contributed by atoms with Gasteiger partial charge in [0.1, 0.15) is 0 Å². The van der Waals surface area contributed by atoms with E-state index in [0.29, 0.717) is 17.8 Å². The standard InChI is InChI=1S/C19H20N4O3S/c1-13-3-6-16(11-18(13)23-27(2,25)26)19(24)20-12-14-4-7-15(8-5-14)17-9-10-21-22-17/h3-11,23H,12H2,1-2H3,(H,20,24)(H,21,22). The van der Waals surface area contributed by atoms with Crippen LogP contribution in [0.15, 0.2) is 54.7 Å². The van der Waals surface area contributed by atoms with Crippen molar-refractivity contribution in [2.45, 2.75) is 13.5 Å². The van der Waals surface area contributed by atoms with Crippen LogP contribution in [0.2, 0.25) is 0 Å². The minimum atomic E-state index is -3.41. The first kappa shape index (κ1) is 18.7. The number of rotatable bonds is 6. The molecule has 3 rings (SSSR count). The van der Waals surface area contributed by atoms with Crippen LogP contribution in [-0.4, -0.2) is 30.8 Å². The lowest BCUT2D eigenvalue weighted by Gasteiger charge is -2.11. The van der Waals surface area contributed by atoms with Crippen molar-refractivity contribution in [3.8, 4) is 11.3 Å². The predicted octanol–water partition coefficient (Wildman–Crippen LogP) is 2.69. The van der Waals surface area contributed by atoms with Crippen molar-refractivity contribution in [1.82, 2.24) is 15.5 Å². The van der Waals surface area contributed by atoms with E-state index in [-0.39, 0.29) is 5.91 Å². The molecule has 0 aliphatic carbocycles. The zero-order valence-corrected chi connectivity index (χ0v) is 15.8. The fourth-order valence-electron chi connectivity index (χ4n) is 2.58. The van der Waals surface area contributed by atoms with E-state index in [1.807, 2.05) is 30.3 Å². The molecule has 140 valence electrons. The third-order valence-electron chi connectivity index (χ3n) is 4.01. The Balaban J connectivity index is 1.66. The molecule has 3 aromatic rings. The van der Waals surface area contributed by atoms with E-state index < -0.39 is 10.0 Å². The van der Waals surface area contributed by atoms with Gasteiger partial charge in [0.05, 0.1) is 17.6 Å². The van der Waals surface area contributed by atoms with E-state index in [1.165, 1.54) is 6.07 Å². The summed E-state index contributed by atoms with van der Waals surface area (Å²) in [6.07, 6.45) is 2.77. The van der Waals surface area contributed by atoms with E-state index >= 15 is 0 Å². The molecule has 0 bridgehead atoms. The van der Waals surface area contributed by atoms with Gasteiger partial charge in [-0.2, -0.15) is 5.10 Å². The van der Waals surface area contributed by atoms with Crippen LogP contribution in [0.25, 0.3) is 11.3 Å². The molecule has 3 N–H and O–H groups in total. The highest BCUT2D eigenvalue weighted by Gasteiger charge is 2.11. The van der Waals surface area contributed by atoms with E-state index in [0.717, 1.165) is 28.6 Å². The number of H-pyrrole nitrogens is 1. The van der Waals surface area contributed by atoms with Crippen LogP contribution < -0.4 is 10.0 Å². The lowest BCUT2D eigenvalue weighted by atomic mass is 10.1. The molecule has 0 fully saturated rings. The maximum atomic E-state index is 12.4. The topological polar surface area (TPSA) is 104 Å². The zero-order chi connectivity index (χ0) is 19.4. The number of nitrogens with zero attached hydrogens (tertiary/aromatic N) is 1. The Morgan fingerprint density at radius 1 is 1.11 bits per heavy atom. The molecule has 0 aliphatic heterocycles. The molecule has 0 radical (unpaired) electrons. The van der Waals surface area contributed by atoms with Crippen molar-refractivity contribution in [3.63, 3.8) is 0 Å². The van der Waals surface area contributed by atoms with Crippen LogP contribution in [0, 0.1) is 6.92 Å². The van der Waals surface area contributed by atoms with Gasteiger partial charge in [0.15, 0.2) is 0 Å². The summed E-state index contributed by atoms with van der Waals surface area (Å²) >= 11 is 0. The number of carbonyl (C=O) groups excluding carboxylic acids is 1. The smallest absolute Gasteiger partial charge is 0.251 e. The molecular formula is C19H20N4O3S. The number of sulfonamides is 1. The van der Waals surface area contributed by atoms with Crippen molar-refractivity contribution in [3.05, 3.63) is 71.4 Å². The number of nitrogens with one attached hydrogen (secondary N) is 3. The highest BCUT2D eigenvalue weighted by atomic mass is 32.2. The minimum absolute atomic E-state index is 0.274. The summed E-state index contributed by atoms with van der Waals surface area (Å²) in [5.74, 6) is -0.274. The first-order chi connectivity index (χ1) is 12.8. The number of hydrogen-bond donors (Lipinski definition) is 3. The van der Waals surface area contributed by atoms with Crippen molar-refractivity contribution >= 4 is 21.6 Å². The summed E-state index contributed by atoms with van der Waals surface area (Å²) in [6, 6.07) is 14.6. The number of benzene rings is 2. The summed E-state index contributed by atoms with van der Waals surface area (Å²) in [6.45, 7) is 2.14. The number of anilines is 1. The van der Waals surface area contributed by atoms with Gasteiger partial charge in [-0.05, 0) is 41.8 Å². The lowest BCUT2D eigenvalue weighted by Crippen LogP contribution is -2.23. The first-order valence-corrected chi connectivity index (χ1v) is 10.2. The van der Waals surface area contributed by atoms with Crippen LogP contribution in [0.5, 0.6) is 0 Å². The molecule has 0 saturated heterocycles. The molecule has 0 atom stereocenters. The average molecular weight is 384 g/mol. The minimum Gasteiger partial charge on any atom is -0.348 e. The molecule has 7 nitrogen and oxygen atoms in total. The molecule has 0 unspecified atom stereocenters. The van der Waals surface area contributed by atoms with Gasteiger partial charge in [-0.15, -0.1) is 0 Å². The van der Waals surface area contributed by atoms with Gasteiger partial charge >= 0.3 is 0 Å². The number of hydrogen-bond acceptors (Lipinski definition) is 4. The Kier molecular flexibility index (Phi) is 5.27. The van der Waals surface area contributed by atoms with Gasteiger partial charge < -0.3 is 5.32 Å². The van der Waals surface area contributed by atoms with Crippen LogP contribution in [0.1, 0.15) is 21.5 Å². The second kappa shape index (κ2) is 7.63. The summed E-state index contributed by atoms with van der Waals surface area (Å²) in [5, 5.41) is 9.67. The fraction of sp³-hybridized carbons (Fsp3) is 0.158. The van der Waals surface area contributed by atoms with Gasteiger partial charge in [-0.3, -0.25) is 14.6 Å². The van der Waals surface area contributed by atoms with Crippen LogP contribution in [0.4, 0.5) is 5.69 Å². The van der Waals surface area contributed by atoms with Crippen molar-refractivity contribution in [2.24, 2.45) is 0 Å². The zero-order valence-electron chi connectivity index (χ0n) is 15.0. The van der Waals surface area contributed by atoms with E-state index in [9.17, 15) is 13.2 Å². The molecule has 0 aliphatic rings. The summed E-state index contributed by atoms with van der Waals surface area (Å²) in [5.41, 5.74) is 4.42. The Labute approximate surface area is 157 Å². The number of aromatic amines is 1. The molecule has 0 spiro atoms. The van der Waals surface area contributed by atoms with Crippen molar-refractivity contribution in [1.29, 1.82) is 0 Å². The molecule has 0 saturated carbocycles. The third-order valence-corrected chi connectivity index (χ3v) is 4.60. The maximum Gasteiger partial charge on any atom is 0.251 e. The predicted molar refractivity (Wildman–Crippen MR) is 105 cm³/mol. The maximum absolute atomic E-state index is 12.4. The van der Waals surface area contributed by atoms with E-state index in [4.69, 9.17) is 0 Å². The molecule has 8 heteroatoms. The normalized spacial score (nSPS) is 11.2. The average Bonchev–Trinajstić information content (AvgIpc) is 3.15. The van der Waals surface area contributed by atoms with Crippen molar-refractivity contribution < 1.29 is 13.2 Å². The Morgan fingerprint density at radius 2 is 1.85 bits per heavy atom. The SMILES string of the molecule is Cc1ccc(C(=O)NCc2ccc(-c3ccn[nH]3)cc2)cc1NS(C)(=O)=O. The van der Waals surface area contributed by atoms with Gasteiger partial charge in [-0.25, -0.2) is 8.42 Å². The van der Waals surface area contributed by atoms with Crippen LogP contribution >= 0.6 is 0 Å². The van der Waals surface area contributed by atoms with E-state index in [2.05, 4.69) is 20.2 Å². The molecule has 1 heterocycles. The van der Waals surface area contributed by atoms with Gasteiger partial charge in [0.2, 0.25) is 10.0 Å². The van der Waals surface area contributed by atoms with Crippen LogP contribution in [-0.2, 0) is 16.6 Å². The van der Waals surface area contributed by atoms with Crippen LogP contribution in [0.3, 0.4) is 0 Å². The molecule has 1 aromatic heterocycles. The second-order valence-electron chi connectivity index (χ2n) is 6.25. The van der Waals surface area contributed by atoms with E-state index in [1.54, 1.807) is 25.3 Å². The second-order valence-corrected chi connectivity index (χ2v) is 8.00. The monoisotopic (exact) mass is 384 g/mol. The number of aromatic nitrogens is 2. The number of aryl methyl sites for hydroxylation is 1. The largest absolute Gasteiger partial charge is 0.348 e. The Hall–Kier alpha value is -3.13. The van der Waals surface area contributed by atoms with Gasteiger partial charge in [0.25, 0.3) is 5.91 Å². The lowest BCUT2D eigenvalue weighted by molar-refractivity contribution is 0.0951. The fourth-order valence-corrected chi connectivity index (χ4v) is 3.20. The van der Waals surface area contributed by atoms with Crippen molar-refractivity contribution in [2.75, 3.05) is 11.0 Å². The number of amides is 1. The Bertz CT molecular complexity index is 1040. The molecular weight excluding hydrogens is 364 g/mol. The summed E-state index contributed by atoms with van der Waals surface area (Å²) in [4.78, 5) is 12.4. The highest BCUT2D eigenvalue weighted by molar-refractivity contribution is 7.92. The summed E-state index contributed by atoms with van der Waals surface area (Å²) in [7, 11) is -3.41. The molecule has 1 amide bonds. The Morgan fingerprint density at radius 3 is 2.48 bits per heavy atom. The molecule has 27 heavy (non-hydrogen) atoms. The third kappa shape index (κ3) is 4.95. The van der Waals surface area contributed by atoms with Gasteiger partial charge in [-0.1, -0.05) is 30.3 Å². The highest BCUT2D eigenvalue weighted by Crippen LogP contribution is 2.19. The molecule has 2 aromatic carbocycles. The summed E-state index contributed by atoms with van der Waals surface area (Å²) < 4.78 is 25.3. The van der Waals surface area contributed by atoms with Gasteiger partial charge in [0, 0.05) is 18.3 Å².